The van der Waals surface area contributed by atoms with Crippen LogP contribution in [0.1, 0.15) is 27.0 Å². The van der Waals surface area contributed by atoms with Gasteiger partial charge in [0.1, 0.15) is 0 Å². The molecular formula is C20H21ClN2O4. The number of halogens is 1. The van der Waals surface area contributed by atoms with Crippen LogP contribution in [0.25, 0.3) is 0 Å². The highest BCUT2D eigenvalue weighted by Crippen LogP contribution is 2.40. The van der Waals surface area contributed by atoms with Crippen LogP contribution in [0, 0.1) is 20.8 Å². The molecule has 0 radical (unpaired) electrons. The standard InChI is InChI=1S/C20H21ClN2O4/c1-11-5-12(2)18(13(3)6-11)22-17(24)9-23(4)20(25)14-7-15(21)19-16(8-14)26-10-27-19/h5-8H,9-10H2,1-4H3,(H,22,24). The lowest BCUT2D eigenvalue weighted by Crippen LogP contribution is -2.35. The Hall–Kier alpha value is -2.73. The second kappa shape index (κ2) is 7.48. The third-order valence-corrected chi connectivity index (χ3v) is 4.62. The van der Waals surface area contributed by atoms with Crippen molar-refractivity contribution in [1.29, 1.82) is 0 Å². The van der Waals surface area contributed by atoms with Crippen LogP contribution >= 0.6 is 11.6 Å². The summed E-state index contributed by atoms with van der Waals surface area (Å²) in [4.78, 5) is 26.4. The summed E-state index contributed by atoms with van der Waals surface area (Å²) in [6.45, 7) is 5.88. The summed E-state index contributed by atoms with van der Waals surface area (Å²) >= 11 is 6.13. The molecule has 0 atom stereocenters. The summed E-state index contributed by atoms with van der Waals surface area (Å²) in [7, 11) is 1.56. The van der Waals surface area contributed by atoms with Gasteiger partial charge < -0.3 is 19.7 Å². The Balaban J connectivity index is 1.70. The first kappa shape index (κ1) is 19.0. The predicted octanol–water partition coefficient (Wildman–Crippen LogP) is 3.70. The van der Waals surface area contributed by atoms with Crippen LogP contribution in [0.4, 0.5) is 5.69 Å². The average Bonchev–Trinajstić information content (AvgIpc) is 3.06. The van der Waals surface area contributed by atoms with Crippen LogP contribution in [-0.2, 0) is 4.79 Å². The highest BCUT2D eigenvalue weighted by Gasteiger charge is 2.23. The SMILES string of the molecule is Cc1cc(C)c(NC(=O)CN(C)C(=O)c2cc(Cl)c3c(c2)OCO3)c(C)c1. The molecule has 0 spiro atoms. The molecule has 0 aromatic heterocycles. The zero-order chi connectivity index (χ0) is 19.7. The van der Waals surface area contributed by atoms with Crippen LogP contribution in [0.5, 0.6) is 11.5 Å². The Morgan fingerprint density at radius 3 is 2.44 bits per heavy atom. The number of aryl methyl sites for hydroxylation is 3. The van der Waals surface area contributed by atoms with Crippen molar-refractivity contribution < 1.29 is 19.1 Å². The summed E-state index contributed by atoms with van der Waals surface area (Å²) in [5, 5.41) is 3.20. The van der Waals surface area contributed by atoms with Gasteiger partial charge in [-0.15, -0.1) is 0 Å². The van der Waals surface area contributed by atoms with Gasteiger partial charge in [0.25, 0.3) is 5.91 Å². The minimum absolute atomic E-state index is 0.0696. The van der Waals surface area contributed by atoms with Gasteiger partial charge in [-0.1, -0.05) is 29.3 Å². The molecular weight excluding hydrogens is 368 g/mol. The summed E-state index contributed by atoms with van der Waals surface area (Å²) in [5.74, 6) is 0.254. The second-order valence-corrected chi connectivity index (χ2v) is 7.08. The summed E-state index contributed by atoms with van der Waals surface area (Å²) in [6, 6.07) is 7.09. The molecule has 142 valence electrons. The van der Waals surface area contributed by atoms with Crippen molar-refractivity contribution in [2.75, 3.05) is 25.7 Å². The van der Waals surface area contributed by atoms with E-state index in [-0.39, 0.29) is 25.2 Å². The maximum absolute atomic E-state index is 12.7. The monoisotopic (exact) mass is 388 g/mol. The summed E-state index contributed by atoms with van der Waals surface area (Å²) in [6.07, 6.45) is 0. The van der Waals surface area contributed by atoms with Crippen molar-refractivity contribution in [2.24, 2.45) is 0 Å². The van der Waals surface area contributed by atoms with Crippen molar-refractivity contribution >= 4 is 29.1 Å². The van der Waals surface area contributed by atoms with Gasteiger partial charge in [0.15, 0.2) is 11.5 Å². The average molecular weight is 389 g/mol. The number of benzene rings is 2. The summed E-state index contributed by atoms with van der Waals surface area (Å²) < 4.78 is 10.5. The van der Waals surface area contributed by atoms with E-state index in [0.29, 0.717) is 22.1 Å². The number of carbonyl (C=O) groups excluding carboxylic acids is 2. The first-order valence-electron chi connectivity index (χ1n) is 8.48. The van der Waals surface area contributed by atoms with E-state index in [1.807, 2.05) is 32.9 Å². The normalized spacial score (nSPS) is 12.0. The third-order valence-electron chi connectivity index (χ3n) is 4.34. The molecule has 2 amide bonds. The van der Waals surface area contributed by atoms with Gasteiger partial charge in [0, 0.05) is 18.3 Å². The maximum atomic E-state index is 12.7. The highest BCUT2D eigenvalue weighted by molar-refractivity contribution is 6.32. The number of amides is 2. The van der Waals surface area contributed by atoms with E-state index >= 15 is 0 Å². The molecule has 1 heterocycles. The first-order chi connectivity index (χ1) is 12.8. The fourth-order valence-corrected chi connectivity index (χ4v) is 3.42. The first-order valence-corrected chi connectivity index (χ1v) is 8.86. The van der Waals surface area contributed by atoms with Crippen LogP contribution in [0.15, 0.2) is 24.3 Å². The molecule has 0 aliphatic carbocycles. The Morgan fingerprint density at radius 2 is 1.78 bits per heavy atom. The molecule has 1 aliphatic rings. The third kappa shape index (κ3) is 4.01. The van der Waals surface area contributed by atoms with Gasteiger partial charge >= 0.3 is 0 Å². The van der Waals surface area contributed by atoms with Crippen molar-refractivity contribution in [3.63, 3.8) is 0 Å². The number of carbonyl (C=O) groups is 2. The molecule has 3 rings (SSSR count). The lowest BCUT2D eigenvalue weighted by atomic mass is 10.1. The number of hydrogen-bond donors (Lipinski definition) is 1. The van der Waals surface area contributed by atoms with E-state index in [1.165, 1.54) is 11.0 Å². The predicted molar refractivity (Wildman–Crippen MR) is 104 cm³/mol. The molecule has 0 unspecified atom stereocenters. The van der Waals surface area contributed by atoms with E-state index in [4.69, 9.17) is 21.1 Å². The van der Waals surface area contributed by atoms with Crippen molar-refractivity contribution in [1.82, 2.24) is 4.90 Å². The smallest absolute Gasteiger partial charge is 0.254 e. The minimum atomic E-state index is -0.331. The molecule has 0 fully saturated rings. The van der Waals surface area contributed by atoms with E-state index < -0.39 is 0 Å². The van der Waals surface area contributed by atoms with Crippen molar-refractivity contribution in [3.8, 4) is 11.5 Å². The lowest BCUT2D eigenvalue weighted by Gasteiger charge is -2.19. The molecule has 7 heteroatoms. The van der Waals surface area contributed by atoms with E-state index in [0.717, 1.165) is 22.4 Å². The molecule has 0 saturated heterocycles. The Morgan fingerprint density at radius 1 is 1.11 bits per heavy atom. The summed E-state index contributed by atoms with van der Waals surface area (Å²) in [5.41, 5.74) is 4.21. The zero-order valence-electron chi connectivity index (χ0n) is 15.7. The minimum Gasteiger partial charge on any atom is -0.454 e. The number of ether oxygens (including phenoxy) is 2. The van der Waals surface area contributed by atoms with E-state index in [1.54, 1.807) is 13.1 Å². The van der Waals surface area contributed by atoms with Gasteiger partial charge in [-0.2, -0.15) is 0 Å². The highest BCUT2D eigenvalue weighted by atomic mass is 35.5. The van der Waals surface area contributed by atoms with E-state index in [2.05, 4.69) is 5.32 Å². The fraction of sp³-hybridized carbons (Fsp3) is 0.300. The Bertz CT molecular complexity index is 903. The molecule has 2 aromatic rings. The van der Waals surface area contributed by atoms with Gasteiger partial charge in [-0.25, -0.2) is 0 Å². The van der Waals surface area contributed by atoms with Gasteiger partial charge in [0.2, 0.25) is 12.7 Å². The lowest BCUT2D eigenvalue weighted by molar-refractivity contribution is -0.116. The maximum Gasteiger partial charge on any atom is 0.254 e. The molecule has 27 heavy (non-hydrogen) atoms. The van der Waals surface area contributed by atoms with Crippen molar-refractivity contribution in [2.45, 2.75) is 20.8 Å². The molecule has 1 N–H and O–H groups in total. The Labute approximate surface area is 163 Å². The van der Waals surface area contributed by atoms with E-state index in [9.17, 15) is 9.59 Å². The quantitative estimate of drug-likeness (QED) is 0.867. The van der Waals surface area contributed by atoms with Gasteiger partial charge in [-0.3, -0.25) is 9.59 Å². The number of fused-ring (bicyclic) bond motifs is 1. The fourth-order valence-electron chi connectivity index (χ4n) is 3.15. The molecule has 1 aliphatic heterocycles. The number of nitrogens with one attached hydrogen (secondary N) is 1. The van der Waals surface area contributed by atoms with Gasteiger partial charge in [-0.05, 0) is 44.0 Å². The number of anilines is 1. The number of likely N-dealkylation sites (N-methyl/N-ethyl adjacent to an activating group) is 1. The largest absolute Gasteiger partial charge is 0.454 e. The number of rotatable bonds is 4. The molecule has 0 bridgehead atoms. The zero-order valence-corrected chi connectivity index (χ0v) is 16.4. The van der Waals surface area contributed by atoms with Crippen LogP contribution < -0.4 is 14.8 Å². The molecule has 0 saturated carbocycles. The van der Waals surface area contributed by atoms with Crippen LogP contribution in [0.2, 0.25) is 5.02 Å². The Kier molecular flexibility index (Phi) is 5.28. The topological polar surface area (TPSA) is 67.9 Å². The molecule has 2 aromatic carbocycles. The number of hydrogen-bond acceptors (Lipinski definition) is 4. The number of nitrogens with zero attached hydrogens (tertiary/aromatic N) is 1. The van der Waals surface area contributed by atoms with Crippen LogP contribution in [0.3, 0.4) is 0 Å². The van der Waals surface area contributed by atoms with Crippen molar-refractivity contribution in [3.05, 3.63) is 51.5 Å². The van der Waals surface area contributed by atoms with Crippen LogP contribution in [-0.4, -0.2) is 37.1 Å². The molecule has 6 nitrogen and oxygen atoms in total. The second-order valence-electron chi connectivity index (χ2n) is 6.67. The van der Waals surface area contributed by atoms with Gasteiger partial charge in [0.05, 0.1) is 11.6 Å².